The highest BCUT2D eigenvalue weighted by Crippen LogP contribution is 2.33. The number of ether oxygens (including phenoxy) is 2. The van der Waals surface area contributed by atoms with Crippen LogP contribution in [0.2, 0.25) is 0 Å². The average molecular weight is 325 g/mol. The molecule has 1 amide bonds. The van der Waals surface area contributed by atoms with E-state index in [2.05, 4.69) is 10.1 Å². The summed E-state index contributed by atoms with van der Waals surface area (Å²) >= 11 is 0. The van der Waals surface area contributed by atoms with Gasteiger partial charge in [0.05, 0.1) is 12.7 Å². The van der Waals surface area contributed by atoms with Crippen LogP contribution in [0.1, 0.15) is 10.4 Å². The molecule has 0 unspecified atom stereocenters. The summed E-state index contributed by atoms with van der Waals surface area (Å²) in [5, 5.41) is 2.90. The van der Waals surface area contributed by atoms with Crippen molar-refractivity contribution in [2.24, 2.45) is 0 Å². The lowest BCUT2D eigenvalue weighted by molar-refractivity contribution is -0.0516. The first kappa shape index (κ1) is 19.4. The van der Waals surface area contributed by atoms with Gasteiger partial charge in [-0.3, -0.25) is 4.79 Å². The molecule has 0 saturated carbocycles. The quantitative estimate of drug-likeness (QED) is 0.833. The van der Waals surface area contributed by atoms with Crippen LogP contribution in [0.5, 0.6) is 11.5 Å². The predicted molar refractivity (Wildman–Crippen MR) is 77.8 cm³/mol. The van der Waals surface area contributed by atoms with Gasteiger partial charge in [0, 0.05) is 20.1 Å². The van der Waals surface area contributed by atoms with Crippen LogP contribution in [0.3, 0.4) is 0 Å². The molecular formula is C13H19ClF2N2O3. The minimum Gasteiger partial charge on any atom is -0.493 e. The molecule has 5 nitrogen and oxygen atoms in total. The highest BCUT2D eigenvalue weighted by atomic mass is 35.5. The molecule has 0 bridgehead atoms. The third kappa shape index (κ3) is 5.35. The number of nitrogens with one attached hydrogen (secondary N) is 1. The third-order valence-electron chi connectivity index (χ3n) is 2.68. The summed E-state index contributed by atoms with van der Waals surface area (Å²) in [4.78, 5) is 13.7. The number of halogens is 3. The first-order chi connectivity index (χ1) is 9.51. The fourth-order valence-electron chi connectivity index (χ4n) is 1.64. The number of para-hydroxylation sites is 1. The van der Waals surface area contributed by atoms with Crippen LogP contribution < -0.4 is 14.8 Å². The minimum atomic E-state index is -3.03. The van der Waals surface area contributed by atoms with E-state index >= 15 is 0 Å². The van der Waals surface area contributed by atoms with Crippen LogP contribution >= 0.6 is 12.4 Å². The van der Waals surface area contributed by atoms with Crippen molar-refractivity contribution in [2.75, 3.05) is 34.3 Å². The molecule has 0 atom stereocenters. The second-order valence-corrected chi connectivity index (χ2v) is 4.05. The lowest BCUT2D eigenvalue weighted by atomic mass is 10.1. The Hall–Kier alpha value is -1.60. The number of methoxy groups -OCH3 is 1. The highest BCUT2D eigenvalue weighted by molar-refractivity contribution is 5.97. The molecule has 0 saturated heterocycles. The smallest absolute Gasteiger partial charge is 0.387 e. The number of carbonyl (C=O) groups excluding carboxylic acids is 1. The number of nitrogens with zero attached hydrogens (tertiary/aromatic N) is 1. The number of hydrogen-bond acceptors (Lipinski definition) is 4. The van der Waals surface area contributed by atoms with E-state index in [-0.39, 0.29) is 29.5 Å². The molecule has 0 heterocycles. The summed E-state index contributed by atoms with van der Waals surface area (Å²) in [5.74, 6) is -0.556. The number of benzene rings is 1. The highest BCUT2D eigenvalue weighted by Gasteiger charge is 2.22. The van der Waals surface area contributed by atoms with E-state index in [9.17, 15) is 13.6 Å². The molecule has 1 aromatic rings. The maximum atomic E-state index is 12.5. The molecular weight excluding hydrogens is 306 g/mol. The van der Waals surface area contributed by atoms with Gasteiger partial charge < -0.3 is 19.7 Å². The van der Waals surface area contributed by atoms with Gasteiger partial charge in [-0.2, -0.15) is 8.78 Å². The van der Waals surface area contributed by atoms with Crippen molar-refractivity contribution < 1.29 is 23.0 Å². The summed E-state index contributed by atoms with van der Waals surface area (Å²) in [6, 6.07) is 4.44. The van der Waals surface area contributed by atoms with Gasteiger partial charge in [-0.25, -0.2) is 0 Å². The van der Waals surface area contributed by atoms with Gasteiger partial charge in [-0.1, -0.05) is 6.07 Å². The molecule has 1 aromatic carbocycles. The van der Waals surface area contributed by atoms with Crippen LogP contribution in [0.4, 0.5) is 8.78 Å². The van der Waals surface area contributed by atoms with Crippen molar-refractivity contribution in [1.82, 2.24) is 10.2 Å². The fourth-order valence-corrected chi connectivity index (χ4v) is 1.64. The molecule has 1 rings (SSSR count). The standard InChI is InChI=1S/C13H18F2N2O3.ClH/c1-16-7-8-17(2)12(18)9-5-4-6-10(19-3)11(9)20-13(14)15;/h4-6,13,16H,7-8H2,1-3H3;1H. The Balaban J connectivity index is 0.00000400. The Morgan fingerprint density at radius 2 is 2.10 bits per heavy atom. The number of rotatable bonds is 7. The third-order valence-corrected chi connectivity index (χ3v) is 2.68. The lowest BCUT2D eigenvalue weighted by Gasteiger charge is -2.20. The minimum absolute atomic E-state index is 0. The molecule has 0 aliphatic carbocycles. The molecule has 1 N–H and O–H groups in total. The van der Waals surface area contributed by atoms with Gasteiger partial charge in [0.25, 0.3) is 5.91 Å². The van der Waals surface area contributed by atoms with E-state index in [1.807, 2.05) is 0 Å². The SMILES string of the molecule is CNCCN(C)C(=O)c1cccc(OC)c1OC(F)F.Cl. The molecule has 0 aliphatic rings. The van der Waals surface area contributed by atoms with E-state index in [0.717, 1.165) is 0 Å². The van der Waals surface area contributed by atoms with Gasteiger partial charge in [0.2, 0.25) is 0 Å². The molecule has 0 aliphatic heterocycles. The van der Waals surface area contributed by atoms with Crippen molar-refractivity contribution in [1.29, 1.82) is 0 Å². The Kier molecular flexibility index (Phi) is 8.64. The largest absolute Gasteiger partial charge is 0.493 e. The first-order valence-corrected chi connectivity index (χ1v) is 6.03. The van der Waals surface area contributed by atoms with Crippen LogP contribution in [0.15, 0.2) is 18.2 Å². The molecule has 21 heavy (non-hydrogen) atoms. The second-order valence-electron chi connectivity index (χ2n) is 4.05. The zero-order valence-corrected chi connectivity index (χ0v) is 12.9. The molecule has 120 valence electrons. The molecule has 0 fully saturated rings. The number of likely N-dealkylation sites (N-methyl/N-ethyl adjacent to an activating group) is 2. The average Bonchev–Trinajstić information content (AvgIpc) is 2.43. The zero-order chi connectivity index (χ0) is 15.1. The van der Waals surface area contributed by atoms with E-state index in [0.29, 0.717) is 13.1 Å². The summed E-state index contributed by atoms with van der Waals surface area (Å²) in [6.07, 6.45) is 0. The Labute approximate surface area is 128 Å². The fraction of sp³-hybridized carbons (Fsp3) is 0.462. The van der Waals surface area contributed by atoms with Crippen molar-refractivity contribution in [3.8, 4) is 11.5 Å². The topological polar surface area (TPSA) is 50.8 Å². The lowest BCUT2D eigenvalue weighted by Crippen LogP contribution is -2.33. The van der Waals surface area contributed by atoms with Crippen molar-refractivity contribution in [3.63, 3.8) is 0 Å². The van der Waals surface area contributed by atoms with Gasteiger partial charge in [0.1, 0.15) is 0 Å². The summed E-state index contributed by atoms with van der Waals surface area (Å²) in [7, 11) is 4.67. The zero-order valence-electron chi connectivity index (χ0n) is 12.1. The summed E-state index contributed by atoms with van der Waals surface area (Å²) in [5.41, 5.74) is 0.0447. The number of carbonyl (C=O) groups is 1. The Morgan fingerprint density at radius 1 is 1.43 bits per heavy atom. The maximum absolute atomic E-state index is 12.5. The van der Waals surface area contributed by atoms with E-state index in [4.69, 9.17) is 4.74 Å². The monoisotopic (exact) mass is 324 g/mol. The van der Waals surface area contributed by atoms with E-state index in [1.165, 1.54) is 24.1 Å². The molecule has 0 aromatic heterocycles. The number of amides is 1. The van der Waals surface area contributed by atoms with Crippen LogP contribution in [-0.4, -0.2) is 51.7 Å². The number of hydrogen-bond donors (Lipinski definition) is 1. The van der Waals surface area contributed by atoms with Crippen molar-refractivity contribution in [2.45, 2.75) is 6.61 Å². The second kappa shape index (κ2) is 9.36. The van der Waals surface area contributed by atoms with E-state index < -0.39 is 12.5 Å². The van der Waals surface area contributed by atoms with Gasteiger partial charge in [-0.15, -0.1) is 12.4 Å². The summed E-state index contributed by atoms with van der Waals surface area (Å²) < 4.78 is 34.3. The first-order valence-electron chi connectivity index (χ1n) is 6.03. The van der Waals surface area contributed by atoms with Gasteiger partial charge in [-0.05, 0) is 19.2 Å². The van der Waals surface area contributed by atoms with Gasteiger partial charge in [0.15, 0.2) is 11.5 Å². The van der Waals surface area contributed by atoms with Crippen LogP contribution in [0, 0.1) is 0 Å². The van der Waals surface area contributed by atoms with Crippen molar-refractivity contribution >= 4 is 18.3 Å². The Bertz CT molecular complexity index is 461. The summed E-state index contributed by atoms with van der Waals surface area (Å²) in [6.45, 7) is -1.99. The van der Waals surface area contributed by atoms with E-state index in [1.54, 1.807) is 20.2 Å². The van der Waals surface area contributed by atoms with Crippen LogP contribution in [0.25, 0.3) is 0 Å². The molecule has 8 heteroatoms. The molecule has 0 radical (unpaired) electrons. The Morgan fingerprint density at radius 3 is 2.62 bits per heavy atom. The maximum Gasteiger partial charge on any atom is 0.387 e. The van der Waals surface area contributed by atoms with Crippen LogP contribution in [-0.2, 0) is 0 Å². The van der Waals surface area contributed by atoms with Crippen molar-refractivity contribution in [3.05, 3.63) is 23.8 Å². The normalized spacial score (nSPS) is 10.0. The molecule has 0 spiro atoms. The number of alkyl halides is 2. The van der Waals surface area contributed by atoms with Gasteiger partial charge >= 0.3 is 6.61 Å². The predicted octanol–water partition coefficient (Wildman–Crippen LogP) is 2.01.